The second-order valence-corrected chi connectivity index (χ2v) is 4.36. The van der Waals surface area contributed by atoms with Crippen molar-refractivity contribution in [3.05, 3.63) is 0 Å². The van der Waals surface area contributed by atoms with Crippen LogP contribution in [0.3, 0.4) is 0 Å². The molecule has 0 radical (unpaired) electrons. The number of nitrogens with zero attached hydrogens (tertiary/aromatic N) is 1. The molecule has 3 N–H and O–H groups in total. The molecular formula is C11H23N3O. The predicted octanol–water partition coefficient (Wildman–Crippen LogP) is 1.81. The van der Waals surface area contributed by atoms with E-state index in [1.54, 1.807) is 0 Å². The van der Waals surface area contributed by atoms with E-state index in [4.69, 9.17) is 10.6 Å². The minimum Gasteiger partial charge on any atom is -0.330 e. The van der Waals surface area contributed by atoms with Gasteiger partial charge in [0.05, 0.1) is 0 Å². The van der Waals surface area contributed by atoms with Gasteiger partial charge >= 0.3 is 0 Å². The Morgan fingerprint density at radius 1 is 1.40 bits per heavy atom. The molecule has 15 heavy (non-hydrogen) atoms. The Hall–Kier alpha value is -0.610. The highest BCUT2D eigenvalue weighted by Gasteiger charge is 2.29. The first-order valence-electron chi connectivity index (χ1n) is 5.87. The summed E-state index contributed by atoms with van der Waals surface area (Å²) in [5.41, 5.74) is 9.00. The first-order valence-corrected chi connectivity index (χ1v) is 5.87. The van der Waals surface area contributed by atoms with Gasteiger partial charge in [-0.2, -0.15) is 0 Å². The summed E-state index contributed by atoms with van der Waals surface area (Å²) in [6.07, 6.45) is 5.60. The number of nitrogens with two attached hydrogens (primary N) is 1. The van der Waals surface area contributed by atoms with Gasteiger partial charge < -0.3 is 5.73 Å². The zero-order valence-corrected chi connectivity index (χ0v) is 9.88. The largest absolute Gasteiger partial charge is 0.330 e. The summed E-state index contributed by atoms with van der Waals surface area (Å²) in [7, 11) is 0. The molecule has 0 amide bonds. The Bertz CT molecular complexity index is 210. The molecule has 4 heteroatoms. The zero-order chi connectivity index (χ0) is 11.1. The summed E-state index contributed by atoms with van der Waals surface area (Å²) in [4.78, 5) is 9.27. The summed E-state index contributed by atoms with van der Waals surface area (Å²) in [6, 6.07) is 0. The second-order valence-electron chi connectivity index (χ2n) is 4.36. The van der Waals surface area contributed by atoms with Crippen molar-refractivity contribution in [3.8, 4) is 0 Å². The van der Waals surface area contributed by atoms with Gasteiger partial charge in [0.1, 0.15) is 5.84 Å². The fourth-order valence-electron chi connectivity index (χ4n) is 2.34. The molecule has 0 spiro atoms. The molecular weight excluding hydrogens is 190 g/mol. The Balaban J connectivity index is 2.60. The van der Waals surface area contributed by atoms with E-state index in [1.165, 1.54) is 12.8 Å². The lowest BCUT2D eigenvalue weighted by Crippen LogP contribution is -2.35. The molecule has 0 unspecified atom stereocenters. The van der Waals surface area contributed by atoms with E-state index in [0.717, 1.165) is 31.6 Å². The smallest absolute Gasteiger partial charge is 0.166 e. The average molecular weight is 213 g/mol. The van der Waals surface area contributed by atoms with Gasteiger partial charge in [0, 0.05) is 6.42 Å². The van der Waals surface area contributed by atoms with Crippen LogP contribution < -0.4 is 11.2 Å². The highest BCUT2D eigenvalue weighted by atomic mass is 16.7. The minimum absolute atomic E-state index is 0.211. The molecule has 0 saturated heterocycles. The zero-order valence-electron chi connectivity index (χ0n) is 9.88. The van der Waals surface area contributed by atoms with E-state index in [2.05, 4.69) is 24.3 Å². The summed E-state index contributed by atoms with van der Waals surface area (Å²) in [5, 5.41) is 0. The fraction of sp³-hybridized carbons (Fsp3) is 0.909. The number of amidine groups is 1. The molecule has 0 aliphatic carbocycles. The van der Waals surface area contributed by atoms with Crippen LogP contribution in [0.15, 0.2) is 4.99 Å². The third-order valence-corrected chi connectivity index (χ3v) is 3.05. The van der Waals surface area contributed by atoms with E-state index in [-0.39, 0.29) is 5.41 Å². The van der Waals surface area contributed by atoms with Crippen molar-refractivity contribution < 1.29 is 4.84 Å². The number of hydroxylamine groups is 1. The average Bonchev–Trinajstić information content (AvgIpc) is 2.71. The SMILES string of the molecule is CCCC(CN)(CCC)CC1=NCON1. The Morgan fingerprint density at radius 3 is 2.47 bits per heavy atom. The minimum atomic E-state index is 0.211. The van der Waals surface area contributed by atoms with Gasteiger partial charge in [-0.05, 0) is 24.8 Å². The summed E-state index contributed by atoms with van der Waals surface area (Å²) >= 11 is 0. The van der Waals surface area contributed by atoms with Crippen LogP contribution in [0.4, 0.5) is 0 Å². The lowest BCUT2D eigenvalue weighted by molar-refractivity contribution is 0.111. The van der Waals surface area contributed by atoms with Gasteiger partial charge in [0.2, 0.25) is 0 Å². The fourth-order valence-corrected chi connectivity index (χ4v) is 2.34. The van der Waals surface area contributed by atoms with Crippen molar-refractivity contribution in [1.29, 1.82) is 0 Å². The number of aliphatic imine (C=N–C) groups is 1. The molecule has 1 rings (SSSR count). The topological polar surface area (TPSA) is 59.6 Å². The van der Waals surface area contributed by atoms with E-state index < -0.39 is 0 Å². The summed E-state index contributed by atoms with van der Waals surface area (Å²) in [5.74, 6) is 0.961. The second kappa shape index (κ2) is 6.08. The molecule has 88 valence electrons. The van der Waals surface area contributed by atoms with Crippen LogP contribution in [-0.2, 0) is 4.84 Å². The van der Waals surface area contributed by atoms with Crippen molar-refractivity contribution in [1.82, 2.24) is 5.48 Å². The van der Waals surface area contributed by atoms with Crippen LogP contribution in [0, 0.1) is 5.41 Å². The van der Waals surface area contributed by atoms with Gasteiger partial charge in [0.25, 0.3) is 0 Å². The van der Waals surface area contributed by atoms with Crippen molar-refractivity contribution in [3.63, 3.8) is 0 Å². The van der Waals surface area contributed by atoms with E-state index >= 15 is 0 Å². The van der Waals surface area contributed by atoms with Crippen LogP contribution in [0.1, 0.15) is 46.0 Å². The quantitative estimate of drug-likeness (QED) is 0.678. The number of hydrogen-bond acceptors (Lipinski definition) is 4. The Kier molecular flexibility index (Phi) is 5.05. The van der Waals surface area contributed by atoms with Gasteiger partial charge in [-0.3, -0.25) is 10.3 Å². The lowest BCUT2D eigenvalue weighted by Gasteiger charge is -2.32. The van der Waals surface area contributed by atoms with Crippen molar-refractivity contribution >= 4 is 5.84 Å². The molecule has 0 bridgehead atoms. The van der Waals surface area contributed by atoms with Crippen molar-refractivity contribution in [2.45, 2.75) is 46.0 Å². The summed E-state index contributed by atoms with van der Waals surface area (Å²) in [6.45, 7) is 5.59. The van der Waals surface area contributed by atoms with Crippen LogP contribution >= 0.6 is 0 Å². The highest BCUT2D eigenvalue weighted by Crippen LogP contribution is 2.33. The monoisotopic (exact) mass is 213 g/mol. The van der Waals surface area contributed by atoms with Gasteiger partial charge in [-0.15, -0.1) is 0 Å². The first-order chi connectivity index (χ1) is 7.26. The number of rotatable bonds is 7. The number of hydrogen-bond donors (Lipinski definition) is 2. The van der Waals surface area contributed by atoms with Crippen LogP contribution in [0.5, 0.6) is 0 Å². The Morgan fingerprint density at radius 2 is 2.07 bits per heavy atom. The third-order valence-electron chi connectivity index (χ3n) is 3.05. The molecule has 0 aromatic carbocycles. The van der Waals surface area contributed by atoms with E-state index in [9.17, 15) is 0 Å². The van der Waals surface area contributed by atoms with Crippen LogP contribution in [0.25, 0.3) is 0 Å². The molecule has 1 aliphatic rings. The first kappa shape index (κ1) is 12.5. The molecule has 0 fully saturated rings. The van der Waals surface area contributed by atoms with Gasteiger partial charge in [0.15, 0.2) is 6.73 Å². The predicted molar refractivity (Wildman–Crippen MR) is 62.4 cm³/mol. The molecule has 0 saturated carbocycles. The Labute approximate surface area is 92.2 Å². The maximum absolute atomic E-state index is 5.93. The summed E-state index contributed by atoms with van der Waals surface area (Å²) < 4.78 is 0. The van der Waals surface area contributed by atoms with E-state index in [0.29, 0.717) is 6.73 Å². The standard InChI is InChI=1S/C11H23N3O/c1-3-5-11(8-12,6-4-2)7-10-13-9-15-14-10/h3-9,12H2,1-2H3,(H,13,14). The maximum atomic E-state index is 5.93. The molecule has 0 atom stereocenters. The normalized spacial score (nSPS) is 16.3. The van der Waals surface area contributed by atoms with Crippen LogP contribution in [0.2, 0.25) is 0 Å². The van der Waals surface area contributed by atoms with Crippen molar-refractivity contribution in [2.75, 3.05) is 13.3 Å². The van der Waals surface area contributed by atoms with Gasteiger partial charge in [-0.1, -0.05) is 26.7 Å². The number of nitrogens with one attached hydrogen (secondary N) is 1. The van der Waals surface area contributed by atoms with Gasteiger partial charge in [-0.25, -0.2) is 4.99 Å². The lowest BCUT2D eigenvalue weighted by atomic mass is 9.76. The molecule has 1 aliphatic heterocycles. The van der Waals surface area contributed by atoms with Crippen molar-refractivity contribution in [2.24, 2.45) is 16.1 Å². The third kappa shape index (κ3) is 3.47. The molecule has 0 aromatic heterocycles. The van der Waals surface area contributed by atoms with E-state index in [1.807, 2.05) is 0 Å². The molecule has 1 heterocycles. The molecule has 4 nitrogen and oxygen atoms in total. The molecule has 0 aromatic rings. The van der Waals surface area contributed by atoms with Crippen LogP contribution in [-0.4, -0.2) is 19.1 Å². The highest BCUT2D eigenvalue weighted by molar-refractivity contribution is 5.82. The maximum Gasteiger partial charge on any atom is 0.166 e.